The van der Waals surface area contributed by atoms with Gasteiger partial charge in [-0.3, -0.25) is 0 Å². The van der Waals surface area contributed by atoms with Gasteiger partial charge in [0.15, 0.2) is 0 Å². The molecule has 66 valence electrons. The van der Waals surface area contributed by atoms with E-state index in [0.29, 0.717) is 0 Å². The van der Waals surface area contributed by atoms with Crippen molar-refractivity contribution in [2.45, 2.75) is 13.5 Å². The predicted octanol–water partition coefficient (Wildman–Crippen LogP) is 2.90. The summed E-state index contributed by atoms with van der Waals surface area (Å²) >= 11 is 7.20. The molecule has 0 aromatic carbocycles. The Morgan fingerprint density at radius 3 is 3.00 bits per heavy atom. The molecule has 1 aromatic rings. The maximum atomic E-state index is 5.37. The zero-order valence-electron chi connectivity index (χ0n) is 7.01. The predicted molar refractivity (Wildman–Crippen MR) is 55.8 cm³/mol. The first kappa shape index (κ1) is 9.78. The van der Waals surface area contributed by atoms with Crippen LogP contribution in [0.2, 0.25) is 0 Å². The van der Waals surface area contributed by atoms with Gasteiger partial charge in [-0.15, -0.1) is 11.3 Å². The molecule has 0 saturated heterocycles. The fraction of sp³-hybridized carbons (Fsp3) is 0.333. The second kappa shape index (κ2) is 5.36. The average Bonchev–Trinajstić information content (AvgIpc) is 2.45. The number of aryl methyl sites for hydroxylation is 1. The Balaban J connectivity index is 2.24. The van der Waals surface area contributed by atoms with Gasteiger partial charge in [0.25, 0.3) is 0 Å². The molecule has 0 saturated carbocycles. The maximum Gasteiger partial charge on any atom is 0.0302 e. The summed E-state index contributed by atoms with van der Waals surface area (Å²) in [5.74, 6) is 0. The van der Waals surface area contributed by atoms with Crippen LogP contribution in [0.4, 0.5) is 0 Å². The van der Waals surface area contributed by atoms with Crippen LogP contribution in [-0.4, -0.2) is 6.54 Å². The number of hydrogen-bond acceptors (Lipinski definition) is 2. The molecule has 0 unspecified atom stereocenters. The van der Waals surface area contributed by atoms with Crippen LogP contribution in [0.25, 0.3) is 0 Å². The number of nitrogens with one attached hydrogen (secondary N) is 1. The molecule has 0 aliphatic heterocycles. The van der Waals surface area contributed by atoms with E-state index in [0.717, 1.165) is 13.1 Å². The molecule has 1 N–H and O–H groups in total. The molecule has 0 atom stereocenters. The van der Waals surface area contributed by atoms with Crippen LogP contribution in [0.15, 0.2) is 23.7 Å². The molecule has 0 amide bonds. The molecule has 0 spiro atoms. The molecule has 1 rings (SSSR count). The second-order valence-electron chi connectivity index (χ2n) is 2.50. The quantitative estimate of drug-likeness (QED) is 0.739. The topological polar surface area (TPSA) is 12.0 Å². The van der Waals surface area contributed by atoms with Crippen molar-refractivity contribution in [1.82, 2.24) is 5.32 Å². The van der Waals surface area contributed by atoms with E-state index >= 15 is 0 Å². The number of rotatable bonds is 4. The van der Waals surface area contributed by atoms with E-state index in [1.165, 1.54) is 15.3 Å². The smallest absolute Gasteiger partial charge is 0.0302 e. The van der Waals surface area contributed by atoms with Crippen LogP contribution in [-0.2, 0) is 6.54 Å². The lowest BCUT2D eigenvalue weighted by Crippen LogP contribution is -2.11. The van der Waals surface area contributed by atoms with Crippen molar-refractivity contribution in [3.8, 4) is 0 Å². The third-order valence-electron chi connectivity index (χ3n) is 1.45. The first-order valence-corrected chi connectivity index (χ1v) is 5.09. The summed E-state index contributed by atoms with van der Waals surface area (Å²) in [6.45, 7) is 3.88. The highest BCUT2D eigenvalue weighted by Gasteiger charge is 1.93. The minimum Gasteiger partial charge on any atom is -0.308 e. The average molecular weight is 202 g/mol. The third kappa shape index (κ3) is 3.39. The Morgan fingerprint density at radius 1 is 1.58 bits per heavy atom. The van der Waals surface area contributed by atoms with Crippen LogP contribution in [0.1, 0.15) is 9.75 Å². The van der Waals surface area contributed by atoms with E-state index in [9.17, 15) is 0 Å². The summed E-state index contributed by atoms with van der Waals surface area (Å²) in [6.07, 6.45) is 1.89. The summed E-state index contributed by atoms with van der Waals surface area (Å²) in [5.41, 5.74) is 1.53. The van der Waals surface area contributed by atoms with Crippen molar-refractivity contribution in [2.24, 2.45) is 0 Å². The summed E-state index contributed by atoms with van der Waals surface area (Å²) in [4.78, 5) is 2.73. The number of hydrogen-bond donors (Lipinski definition) is 1. The number of thiophene rings is 1. The van der Waals surface area contributed by atoms with Gasteiger partial charge in [0, 0.05) is 28.4 Å². The molecule has 1 aromatic heterocycles. The highest BCUT2D eigenvalue weighted by molar-refractivity contribution is 7.11. The molecule has 1 heterocycles. The largest absolute Gasteiger partial charge is 0.308 e. The van der Waals surface area contributed by atoms with Crippen molar-refractivity contribution in [3.05, 3.63) is 33.5 Å². The number of halogens is 1. The SMILES string of the molecule is Cc1ccc(CNC/C=C/Cl)s1. The maximum absolute atomic E-state index is 5.37. The van der Waals surface area contributed by atoms with Gasteiger partial charge in [-0.1, -0.05) is 17.7 Å². The monoisotopic (exact) mass is 201 g/mol. The van der Waals surface area contributed by atoms with Gasteiger partial charge in [-0.05, 0) is 19.1 Å². The fourth-order valence-corrected chi connectivity index (χ4v) is 1.85. The zero-order chi connectivity index (χ0) is 8.81. The van der Waals surface area contributed by atoms with E-state index in [1.54, 1.807) is 0 Å². The molecule has 0 aliphatic carbocycles. The third-order valence-corrected chi connectivity index (χ3v) is 2.63. The van der Waals surface area contributed by atoms with E-state index in [4.69, 9.17) is 11.6 Å². The molecule has 0 fully saturated rings. The summed E-state index contributed by atoms with van der Waals surface area (Å²) in [6, 6.07) is 4.29. The molecule has 3 heteroatoms. The molecule has 0 aliphatic rings. The standard InChI is InChI=1S/C9H12ClNS/c1-8-3-4-9(12-8)7-11-6-2-5-10/h2-5,11H,6-7H2,1H3/b5-2+. The lowest BCUT2D eigenvalue weighted by atomic mass is 10.4. The lowest BCUT2D eigenvalue weighted by molar-refractivity contribution is 0.770. The van der Waals surface area contributed by atoms with Crippen molar-refractivity contribution in [3.63, 3.8) is 0 Å². The van der Waals surface area contributed by atoms with Gasteiger partial charge >= 0.3 is 0 Å². The lowest BCUT2D eigenvalue weighted by Gasteiger charge is -1.96. The van der Waals surface area contributed by atoms with Gasteiger partial charge in [-0.2, -0.15) is 0 Å². The molecule has 1 nitrogen and oxygen atoms in total. The summed E-state index contributed by atoms with van der Waals surface area (Å²) in [5, 5.41) is 3.26. The Labute approximate surface area is 82.1 Å². The minimum atomic E-state index is 0.834. The Morgan fingerprint density at radius 2 is 2.42 bits per heavy atom. The van der Waals surface area contributed by atoms with Crippen molar-refractivity contribution >= 4 is 22.9 Å². The van der Waals surface area contributed by atoms with Gasteiger partial charge in [0.1, 0.15) is 0 Å². The van der Waals surface area contributed by atoms with Crippen LogP contribution < -0.4 is 5.32 Å². The Bertz CT molecular complexity index is 255. The van der Waals surface area contributed by atoms with Crippen LogP contribution in [0.3, 0.4) is 0 Å². The van der Waals surface area contributed by atoms with E-state index in [1.807, 2.05) is 17.4 Å². The van der Waals surface area contributed by atoms with E-state index < -0.39 is 0 Å². The van der Waals surface area contributed by atoms with E-state index in [-0.39, 0.29) is 0 Å². The van der Waals surface area contributed by atoms with Gasteiger partial charge in [0.05, 0.1) is 0 Å². The highest BCUT2D eigenvalue weighted by Crippen LogP contribution is 2.14. The normalized spacial score (nSPS) is 11.2. The fourth-order valence-electron chi connectivity index (χ4n) is 0.903. The van der Waals surface area contributed by atoms with Crippen LogP contribution >= 0.6 is 22.9 Å². The van der Waals surface area contributed by atoms with Crippen molar-refractivity contribution in [2.75, 3.05) is 6.54 Å². The van der Waals surface area contributed by atoms with E-state index in [2.05, 4.69) is 24.4 Å². The Hall–Kier alpha value is -0.310. The zero-order valence-corrected chi connectivity index (χ0v) is 8.58. The molecule has 12 heavy (non-hydrogen) atoms. The summed E-state index contributed by atoms with van der Waals surface area (Å²) < 4.78 is 0. The van der Waals surface area contributed by atoms with Gasteiger partial charge < -0.3 is 5.32 Å². The molecular formula is C9H12ClNS. The van der Waals surface area contributed by atoms with Crippen LogP contribution in [0.5, 0.6) is 0 Å². The first-order valence-electron chi connectivity index (χ1n) is 3.84. The molecule has 0 bridgehead atoms. The van der Waals surface area contributed by atoms with Crippen LogP contribution in [0, 0.1) is 6.92 Å². The first-order chi connectivity index (χ1) is 5.83. The van der Waals surface area contributed by atoms with Crippen molar-refractivity contribution in [1.29, 1.82) is 0 Å². The molecule has 0 radical (unpaired) electrons. The highest BCUT2D eigenvalue weighted by atomic mass is 35.5. The second-order valence-corrected chi connectivity index (χ2v) is 4.13. The van der Waals surface area contributed by atoms with Gasteiger partial charge in [0.2, 0.25) is 0 Å². The summed E-state index contributed by atoms with van der Waals surface area (Å²) in [7, 11) is 0. The van der Waals surface area contributed by atoms with Crippen molar-refractivity contribution < 1.29 is 0 Å². The van der Waals surface area contributed by atoms with Gasteiger partial charge in [-0.25, -0.2) is 0 Å². The minimum absolute atomic E-state index is 0.834. The Kier molecular flexibility index (Phi) is 4.36. The molecular weight excluding hydrogens is 190 g/mol.